The summed E-state index contributed by atoms with van der Waals surface area (Å²) in [5, 5.41) is 0.585. The van der Waals surface area contributed by atoms with Gasteiger partial charge in [-0.05, 0) is 44.0 Å². The number of rotatable bonds is 5. The van der Waals surface area contributed by atoms with Crippen LogP contribution in [0.2, 0.25) is 0 Å². The molecule has 6 heteroatoms. The van der Waals surface area contributed by atoms with Crippen molar-refractivity contribution < 1.29 is 23.7 Å². The summed E-state index contributed by atoms with van der Waals surface area (Å²) in [5.74, 6) is -1.45. The molecule has 0 aliphatic heterocycles. The molecule has 0 saturated carbocycles. The number of aryl methyl sites for hydroxylation is 3. The zero-order valence-corrected chi connectivity index (χ0v) is 18.8. The van der Waals surface area contributed by atoms with Gasteiger partial charge in [0.05, 0.1) is 7.11 Å². The van der Waals surface area contributed by atoms with Crippen LogP contribution in [0.3, 0.4) is 0 Å². The van der Waals surface area contributed by atoms with Crippen molar-refractivity contribution >= 4 is 30.4 Å². The van der Waals surface area contributed by atoms with Crippen molar-refractivity contribution in [1.82, 2.24) is 0 Å². The summed E-state index contributed by atoms with van der Waals surface area (Å²) in [4.78, 5) is 34.3. The molecule has 0 aliphatic carbocycles. The number of esters is 1. The lowest BCUT2D eigenvalue weighted by atomic mass is 10.0. The van der Waals surface area contributed by atoms with E-state index < -0.39 is 19.6 Å². The van der Waals surface area contributed by atoms with Crippen LogP contribution in [-0.2, 0) is 14.1 Å². The molecule has 0 N–H and O–H groups in total. The topological polar surface area (TPSA) is 77.5 Å². The van der Waals surface area contributed by atoms with Gasteiger partial charge >= 0.3 is 5.97 Å². The molecule has 3 aromatic carbocycles. The molecule has 0 amide bonds. The maximum atomic E-state index is 12.4. The first-order valence-electron chi connectivity index (χ1n) is 9.58. The number of hydrogen-bond donors (Lipinski definition) is 0. The summed E-state index contributed by atoms with van der Waals surface area (Å²) < 4.78 is 16.6. The van der Waals surface area contributed by atoms with Gasteiger partial charge in [-0.15, -0.1) is 0 Å². The van der Waals surface area contributed by atoms with Gasteiger partial charge in [-0.3, -0.25) is 14.2 Å². The predicted molar refractivity (Wildman–Crippen MR) is 121 cm³/mol. The van der Waals surface area contributed by atoms with E-state index in [2.05, 4.69) is 4.74 Å². The number of ether oxygens (including phenoxy) is 1. The predicted octanol–water partition coefficient (Wildman–Crippen LogP) is 4.95. The van der Waals surface area contributed by atoms with Crippen LogP contribution in [0.15, 0.2) is 72.8 Å². The van der Waals surface area contributed by atoms with Crippen LogP contribution < -0.4 is 5.30 Å². The van der Waals surface area contributed by atoms with Crippen LogP contribution in [0.25, 0.3) is 0 Å². The molecule has 3 aromatic rings. The van der Waals surface area contributed by atoms with Crippen LogP contribution in [0.1, 0.15) is 37.4 Å². The highest BCUT2D eigenvalue weighted by Crippen LogP contribution is 2.30. The van der Waals surface area contributed by atoms with Crippen molar-refractivity contribution in [2.45, 2.75) is 20.8 Å². The van der Waals surface area contributed by atoms with Gasteiger partial charge in [0.2, 0.25) is 5.52 Å². The molecular formula is C25H24O5P. The summed E-state index contributed by atoms with van der Waals surface area (Å²) in [6, 6.07) is 21.1. The number of carbonyl (C=O) groups is 3. The number of benzene rings is 3. The third kappa shape index (κ3) is 6.27. The second-order valence-electron chi connectivity index (χ2n) is 6.90. The minimum Gasteiger partial charge on any atom is -0.463 e. The summed E-state index contributed by atoms with van der Waals surface area (Å²) >= 11 is 0. The van der Waals surface area contributed by atoms with Gasteiger partial charge in [-0.1, -0.05) is 66.2 Å². The molecule has 0 spiro atoms. The molecule has 0 aromatic heterocycles. The standard InChI is InChI=1S/C16H16O2P.C9H8O3/c1-11-9-12(2)15(13(3)10-11)16(17)19(18)14-7-5-4-6-8-14;1-12-9(11)8(10)7-5-3-2-4-6-7/h4-10H,1-3H3;2-6H,1H3. The largest absolute Gasteiger partial charge is 0.463 e. The Hall–Kier alpha value is -3.43. The minimum absolute atomic E-state index is 0.281. The van der Waals surface area contributed by atoms with E-state index in [4.69, 9.17) is 0 Å². The summed E-state index contributed by atoms with van der Waals surface area (Å²) in [7, 11) is -0.860. The highest BCUT2D eigenvalue weighted by molar-refractivity contribution is 7.71. The molecule has 159 valence electrons. The van der Waals surface area contributed by atoms with Crippen LogP contribution in [0, 0.1) is 20.8 Å². The molecule has 0 fully saturated rings. The number of carbonyl (C=O) groups excluding carboxylic acids is 3. The second-order valence-corrected chi connectivity index (χ2v) is 8.41. The Morgan fingerprint density at radius 1 is 0.774 bits per heavy atom. The Morgan fingerprint density at radius 2 is 1.26 bits per heavy atom. The number of ketones is 1. The molecule has 0 heterocycles. The van der Waals surface area contributed by atoms with Gasteiger partial charge in [0.1, 0.15) is 0 Å². The van der Waals surface area contributed by atoms with Gasteiger partial charge in [-0.25, -0.2) is 4.79 Å². The number of hydrogen-bond acceptors (Lipinski definition) is 5. The molecule has 0 aliphatic rings. The fraction of sp³-hybridized carbons (Fsp3) is 0.160. The van der Waals surface area contributed by atoms with E-state index in [-0.39, 0.29) is 5.52 Å². The van der Waals surface area contributed by atoms with Crippen LogP contribution in [-0.4, -0.2) is 24.4 Å². The van der Waals surface area contributed by atoms with Crippen LogP contribution in [0.4, 0.5) is 0 Å². The molecule has 5 nitrogen and oxygen atoms in total. The lowest BCUT2D eigenvalue weighted by molar-refractivity contribution is -0.135. The first-order valence-corrected chi connectivity index (χ1v) is 10.8. The molecular weight excluding hydrogens is 411 g/mol. The van der Waals surface area contributed by atoms with Gasteiger partial charge in [0.25, 0.3) is 5.78 Å². The molecule has 3 rings (SSSR count). The second kappa shape index (κ2) is 11.1. The molecule has 31 heavy (non-hydrogen) atoms. The van der Waals surface area contributed by atoms with Gasteiger partial charge in [-0.2, -0.15) is 0 Å². The zero-order chi connectivity index (χ0) is 23.0. The van der Waals surface area contributed by atoms with E-state index in [0.717, 1.165) is 16.7 Å². The van der Waals surface area contributed by atoms with E-state index in [0.29, 0.717) is 16.4 Å². The summed E-state index contributed by atoms with van der Waals surface area (Å²) in [6.45, 7) is 5.77. The highest BCUT2D eigenvalue weighted by atomic mass is 31.1. The van der Waals surface area contributed by atoms with Crippen LogP contribution >= 0.6 is 7.80 Å². The lowest BCUT2D eigenvalue weighted by Crippen LogP contribution is -2.15. The van der Waals surface area contributed by atoms with Crippen LogP contribution in [0.5, 0.6) is 0 Å². The maximum Gasteiger partial charge on any atom is 0.379 e. The Balaban J connectivity index is 0.000000245. The Kier molecular flexibility index (Phi) is 8.53. The van der Waals surface area contributed by atoms with E-state index in [1.54, 1.807) is 54.6 Å². The quantitative estimate of drug-likeness (QED) is 0.245. The van der Waals surface area contributed by atoms with E-state index >= 15 is 0 Å². The van der Waals surface area contributed by atoms with E-state index in [1.807, 2.05) is 39.0 Å². The van der Waals surface area contributed by atoms with Gasteiger partial charge in [0, 0.05) is 16.4 Å². The minimum atomic E-state index is -2.04. The number of Topliss-reactive ketones (excluding diaryl/α,β-unsaturated/α-hetero) is 1. The number of methoxy groups -OCH3 is 1. The SMILES string of the molecule is COC(=O)C(=O)c1ccccc1.Cc1cc(C)c(C(=O)[P](=O)c2ccccc2)c(C)c1. The fourth-order valence-electron chi connectivity index (χ4n) is 3.10. The zero-order valence-electron chi connectivity index (χ0n) is 17.9. The lowest BCUT2D eigenvalue weighted by Gasteiger charge is -2.09. The van der Waals surface area contributed by atoms with Crippen molar-refractivity contribution in [2.24, 2.45) is 0 Å². The monoisotopic (exact) mass is 435 g/mol. The van der Waals surface area contributed by atoms with Crippen molar-refractivity contribution in [2.75, 3.05) is 7.11 Å². The summed E-state index contributed by atoms with van der Waals surface area (Å²) in [5.41, 5.74) is 3.56. The smallest absolute Gasteiger partial charge is 0.379 e. The Morgan fingerprint density at radius 3 is 1.74 bits per heavy atom. The average molecular weight is 435 g/mol. The molecule has 1 unspecified atom stereocenters. The van der Waals surface area contributed by atoms with E-state index in [9.17, 15) is 18.9 Å². The first-order chi connectivity index (χ1) is 14.8. The van der Waals surface area contributed by atoms with E-state index in [1.165, 1.54) is 7.11 Å². The molecule has 1 radical (unpaired) electrons. The third-order valence-electron chi connectivity index (χ3n) is 4.47. The average Bonchev–Trinajstić information content (AvgIpc) is 2.78. The Labute approximate surface area is 182 Å². The fourth-order valence-corrected chi connectivity index (χ4v) is 4.33. The third-order valence-corrected chi connectivity index (χ3v) is 5.83. The van der Waals surface area contributed by atoms with Crippen molar-refractivity contribution in [3.63, 3.8) is 0 Å². The highest BCUT2D eigenvalue weighted by Gasteiger charge is 2.21. The van der Waals surface area contributed by atoms with Crippen molar-refractivity contribution in [3.8, 4) is 0 Å². The van der Waals surface area contributed by atoms with Gasteiger partial charge in [0.15, 0.2) is 7.80 Å². The molecule has 1 atom stereocenters. The Bertz CT molecular complexity index is 1080. The first kappa shape index (κ1) is 23.8. The van der Waals surface area contributed by atoms with Crippen molar-refractivity contribution in [1.29, 1.82) is 0 Å². The van der Waals surface area contributed by atoms with Gasteiger partial charge < -0.3 is 4.74 Å². The maximum absolute atomic E-state index is 12.4. The molecule has 0 saturated heterocycles. The summed E-state index contributed by atoms with van der Waals surface area (Å²) in [6.07, 6.45) is 0. The molecule has 0 bridgehead atoms. The normalized spacial score (nSPS) is 10.4. The van der Waals surface area contributed by atoms with Crippen molar-refractivity contribution in [3.05, 3.63) is 101 Å².